The number of anilines is 1. The minimum Gasteiger partial charge on any atom is -0.323 e. The van der Waals surface area contributed by atoms with Crippen LogP contribution in [0, 0.1) is 33.6 Å². The molecule has 0 radical (unpaired) electrons. The van der Waals surface area contributed by atoms with Gasteiger partial charge in [-0.2, -0.15) is 14.5 Å². The van der Waals surface area contributed by atoms with E-state index in [2.05, 4.69) is 46.7 Å². The molecule has 0 bridgehead atoms. The van der Waals surface area contributed by atoms with E-state index in [1.165, 1.54) is 9.87 Å². The van der Waals surface area contributed by atoms with Gasteiger partial charge in [0.1, 0.15) is 4.90 Å². The van der Waals surface area contributed by atoms with Crippen LogP contribution in [0.25, 0.3) is 0 Å². The van der Waals surface area contributed by atoms with E-state index in [0.717, 1.165) is 17.0 Å². The summed E-state index contributed by atoms with van der Waals surface area (Å²) >= 11 is 0. The van der Waals surface area contributed by atoms with Gasteiger partial charge in [-0.05, 0) is 53.0 Å². The monoisotopic (exact) mass is 498 g/mol. The van der Waals surface area contributed by atoms with Crippen molar-refractivity contribution < 1.29 is 13.2 Å². The number of carbonyl (C=O) groups excluding carboxylic acids is 1. The van der Waals surface area contributed by atoms with Crippen molar-refractivity contribution in [2.75, 3.05) is 18.4 Å². The van der Waals surface area contributed by atoms with E-state index in [1.807, 2.05) is 25.5 Å². The zero-order valence-corrected chi connectivity index (χ0v) is 21.9. The minimum atomic E-state index is -3.72. The number of piperidine rings is 1. The number of hydrogen-bond acceptors (Lipinski definition) is 5. The Morgan fingerprint density at radius 1 is 1.09 bits per heavy atom. The minimum absolute atomic E-state index is 0.153. The normalized spacial score (nSPS) is 17.0. The maximum atomic E-state index is 13.3. The van der Waals surface area contributed by atoms with Crippen LogP contribution in [0.1, 0.15) is 48.0 Å². The molecule has 4 rings (SSSR count). The number of sulfonamides is 1. The maximum Gasteiger partial charge on any atom is 0.246 e. The van der Waals surface area contributed by atoms with Crippen LogP contribution in [-0.2, 0) is 27.9 Å². The third kappa shape index (κ3) is 5.18. The van der Waals surface area contributed by atoms with Crippen molar-refractivity contribution in [3.63, 3.8) is 0 Å². The first-order valence-corrected chi connectivity index (χ1v) is 13.5. The van der Waals surface area contributed by atoms with Crippen LogP contribution in [-0.4, -0.2) is 51.3 Å². The Balaban J connectivity index is 1.48. The second-order valence-corrected chi connectivity index (χ2v) is 11.2. The summed E-state index contributed by atoms with van der Waals surface area (Å²) in [6.07, 6.45) is 2.84. The molecule has 0 aliphatic carbocycles. The number of benzene rings is 1. The highest BCUT2D eigenvalue weighted by molar-refractivity contribution is 7.89. The quantitative estimate of drug-likeness (QED) is 0.538. The lowest BCUT2D eigenvalue weighted by atomic mass is 9.98. The van der Waals surface area contributed by atoms with Crippen molar-refractivity contribution in [1.29, 1.82) is 0 Å². The predicted molar refractivity (Wildman–Crippen MR) is 135 cm³/mol. The summed E-state index contributed by atoms with van der Waals surface area (Å²) in [6.45, 7) is 11.2. The molecule has 0 unspecified atom stereocenters. The van der Waals surface area contributed by atoms with Crippen molar-refractivity contribution in [3.05, 3.63) is 58.7 Å². The van der Waals surface area contributed by atoms with Gasteiger partial charge < -0.3 is 5.32 Å². The average Bonchev–Trinajstić information content (AvgIpc) is 3.35. The van der Waals surface area contributed by atoms with Crippen molar-refractivity contribution in [1.82, 2.24) is 23.9 Å². The highest BCUT2D eigenvalue weighted by Crippen LogP contribution is 2.27. The lowest BCUT2D eigenvalue weighted by Gasteiger charge is -2.31. The number of aryl methyl sites for hydroxylation is 4. The third-order valence-corrected chi connectivity index (χ3v) is 8.65. The molecular weight excluding hydrogens is 464 g/mol. The molecule has 9 nitrogen and oxygen atoms in total. The van der Waals surface area contributed by atoms with Gasteiger partial charge in [0.05, 0.1) is 35.2 Å². The Hall–Kier alpha value is -2.98. The van der Waals surface area contributed by atoms with Gasteiger partial charge in [0.25, 0.3) is 0 Å². The average molecular weight is 499 g/mol. The maximum absolute atomic E-state index is 13.3. The molecule has 1 amide bonds. The molecule has 188 valence electrons. The first-order chi connectivity index (χ1) is 16.6. The van der Waals surface area contributed by atoms with Crippen LogP contribution in [0.3, 0.4) is 0 Å². The zero-order chi connectivity index (χ0) is 25.3. The topological polar surface area (TPSA) is 102 Å². The molecule has 1 saturated heterocycles. The molecule has 0 spiro atoms. The van der Waals surface area contributed by atoms with Crippen LogP contribution < -0.4 is 5.32 Å². The van der Waals surface area contributed by atoms with Crippen LogP contribution >= 0.6 is 0 Å². The molecule has 1 aliphatic heterocycles. The zero-order valence-electron chi connectivity index (χ0n) is 21.1. The SMILES string of the molecule is CCn1cc(S(=O)(=O)N2CCC[C@H](C(=O)Nc3c(C)nn(Cc4ccc(C)cc4)c3C)C2)c(C)n1. The van der Waals surface area contributed by atoms with E-state index in [4.69, 9.17) is 0 Å². The van der Waals surface area contributed by atoms with E-state index in [0.29, 0.717) is 43.9 Å². The predicted octanol–water partition coefficient (Wildman–Crippen LogP) is 3.42. The lowest BCUT2D eigenvalue weighted by molar-refractivity contribution is -0.120. The Labute approximate surface area is 207 Å². The largest absolute Gasteiger partial charge is 0.323 e. The van der Waals surface area contributed by atoms with Crippen molar-refractivity contribution in [2.24, 2.45) is 5.92 Å². The summed E-state index contributed by atoms with van der Waals surface area (Å²) < 4.78 is 31.5. The van der Waals surface area contributed by atoms with E-state index in [-0.39, 0.29) is 17.3 Å². The van der Waals surface area contributed by atoms with Gasteiger partial charge >= 0.3 is 0 Å². The van der Waals surface area contributed by atoms with Gasteiger partial charge in [-0.1, -0.05) is 29.8 Å². The summed E-state index contributed by atoms with van der Waals surface area (Å²) in [4.78, 5) is 13.4. The van der Waals surface area contributed by atoms with E-state index in [9.17, 15) is 13.2 Å². The van der Waals surface area contributed by atoms with E-state index >= 15 is 0 Å². The molecule has 2 aromatic heterocycles. The highest BCUT2D eigenvalue weighted by atomic mass is 32.2. The molecule has 1 aliphatic rings. The lowest BCUT2D eigenvalue weighted by Crippen LogP contribution is -2.43. The first-order valence-electron chi connectivity index (χ1n) is 12.0. The molecule has 10 heteroatoms. The van der Waals surface area contributed by atoms with Crippen LogP contribution in [0.4, 0.5) is 5.69 Å². The van der Waals surface area contributed by atoms with Crippen LogP contribution in [0.2, 0.25) is 0 Å². The smallest absolute Gasteiger partial charge is 0.246 e. The second-order valence-electron chi connectivity index (χ2n) is 9.31. The summed E-state index contributed by atoms with van der Waals surface area (Å²) in [5, 5.41) is 11.9. The van der Waals surface area contributed by atoms with Crippen molar-refractivity contribution >= 4 is 21.6 Å². The van der Waals surface area contributed by atoms with Crippen LogP contribution in [0.15, 0.2) is 35.4 Å². The molecule has 3 heterocycles. The van der Waals surface area contributed by atoms with Gasteiger partial charge in [0.15, 0.2) is 0 Å². The van der Waals surface area contributed by atoms with Gasteiger partial charge in [-0.15, -0.1) is 0 Å². The molecule has 1 N–H and O–H groups in total. The molecule has 0 saturated carbocycles. The fourth-order valence-electron chi connectivity index (χ4n) is 4.55. The van der Waals surface area contributed by atoms with Gasteiger partial charge in [0, 0.05) is 25.8 Å². The van der Waals surface area contributed by atoms with Gasteiger partial charge in [-0.3, -0.25) is 14.2 Å². The summed E-state index contributed by atoms with van der Waals surface area (Å²) in [6, 6.07) is 8.29. The van der Waals surface area contributed by atoms with Gasteiger partial charge in [0.2, 0.25) is 15.9 Å². The van der Waals surface area contributed by atoms with Crippen molar-refractivity contribution in [2.45, 2.75) is 65.4 Å². The first kappa shape index (κ1) is 25.1. The number of nitrogens with one attached hydrogen (secondary N) is 1. The Morgan fingerprint density at radius 3 is 2.46 bits per heavy atom. The number of nitrogens with zero attached hydrogens (tertiary/aromatic N) is 5. The molecule has 1 fully saturated rings. The fraction of sp³-hybridized carbons (Fsp3) is 0.480. The Morgan fingerprint density at radius 2 is 1.80 bits per heavy atom. The van der Waals surface area contributed by atoms with Gasteiger partial charge in [-0.25, -0.2) is 8.42 Å². The summed E-state index contributed by atoms with van der Waals surface area (Å²) in [5.74, 6) is -0.605. The summed E-state index contributed by atoms with van der Waals surface area (Å²) in [7, 11) is -3.72. The Kier molecular flexibility index (Phi) is 7.14. The third-order valence-electron chi connectivity index (χ3n) is 6.68. The molecule has 1 atom stereocenters. The summed E-state index contributed by atoms with van der Waals surface area (Å²) in [5.41, 5.74) is 5.12. The number of aromatic nitrogens is 4. The molecular formula is C25H34N6O3S. The molecule has 1 aromatic carbocycles. The number of amides is 1. The second kappa shape index (κ2) is 9.94. The highest BCUT2D eigenvalue weighted by Gasteiger charge is 2.35. The standard InChI is InChI=1S/C25H34N6O3S/c1-6-29-16-23(18(3)27-29)35(33,34)30-13-7-8-22(15-30)25(32)26-24-19(4)28-31(20(24)5)14-21-11-9-17(2)10-12-21/h9-12,16,22H,6-8,13-15H2,1-5H3,(H,26,32)/t22-/m0/s1. The van der Waals surface area contributed by atoms with Crippen molar-refractivity contribution in [3.8, 4) is 0 Å². The number of hydrogen-bond donors (Lipinski definition) is 1. The van der Waals surface area contributed by atoms with E-state index in [1.54, 1.807) is 17.8 Å². The molecule has 3 aromatic rings. The van der Waals surface area contributed by atoms with E-state index < -0.39 is 15.9 Å². The molecule has 35 heavy (non-hydrogen) atoms. The number of carbonyl (C=O) groups is 1. The fourth-order valence-corrected chi connectivity index (χ4v) is 6.24. The Bertz CT molecular complexity index is 1320. The van der Waals surface area contributed by atoms with Crippen LogP contribution in [0.5, 0.6) is 0 Å². The number of rotatable bonds is 7.